The number of hydrogen-bond acceptors (Lipinski definition) is 1. The average molecular weight is 150 g/mol. The summed E-state index contributed by atoms with van der Waals surface area (Å²) in [5, 5.41) is 0. The Labute approximate surface area is 68.1 Å². The van der Waals surface area contributed by atoms with Crippen LogP contribution in [0.15, 0.2) is 36.0 Å². The zero-order chi connectivity index (χ0) is 8.69. The minimum atomic E-state index is 0.486. The highest BCUT2D eigenvalue weighted by Crippen LogP contribution is 2.02. The van der Waals surface area contributed by atoms with Gasteiger partial charge in [0, 0.05) is 6.42 Å². The molecule has 0 saturated carbocycles. The van der Waals surface area contributed by atoms with Crippen LogP contribution in [0, 0.1) is 0 Å². The van der Waals surface area contributed by atoms with Crippen molar-refractivity contribution in [3.05, 3.63) is 36.0 Å². The Hall–Kier alpha value is -1.11. The van der Waals surface area contributed by atoms with E-state index in [1.807, 2.05) is 32.1 Å². The molecular formula is C10H14O. The monoisotopic (exact) mass is 150 g/mol. The van der Waals surface area contributed by atoms with Crippen molar-refractivity contribution in [3.8, 4) is 0 Å². The van der Waals surface area contributed by atoms with Gasteiger partial charge in [-0.25, -0.2) is 0 Å². The second-order valence-corrected chi connectivity index (χ2v) is 2.41. The second kappa shape index (κ2) is 5.66. The number of rotatable bonds is 4. The Morgan fingerprint density at radius 2 is 2.09 bits per heavy atom. The van der Waals surface area contributed by atoms with E-state index in [-0.39, 0.29) is 0 Å². The van der Waals surface area contributed by atoms with Crippen molar-refractivity contribution in [1.82, 2.24) is 0 Å². The Balaban J connectivity index is 4.08. The number of carbonyl (C=O) groups excluding carboxylic acids is 1. The lowest BCUT2D eigenvalue weighted by molar-refractivity contribution is -0.107. The van der Waals surface area contributed by atoms with Gasteiger partial charge in [0.25, 0.3) is 0 Å². The molecule has 0 amide bonds. The molecule has 0 atom stereocenters. The molecule has 1 heteroatoms. The maximum Gasteiger partial charge on any atom is 0.124 e. The van der Waals surface area contributed by atoms with Crippen LogP contribution in [0.25, 0.3) is 0 Å². The van der Waals surface area contributed by atoms with E-state index in [1.54, 1.807) is 0 Å². The van der Waals surface area contributed by atoms with Gasteiger partial charge in [0.15, 0.2) is 0 Å². The van der Waals surface area contributed by atoms with Crippen LogP contribution < -0.4 is 0 Å². The molecule has 0 aromatic rings. The average Bonchev–Trinajstić information content (AvgIpc) is 1.97. The smallest absolute Gasteiger partial charge is 0.124 e. The van der Waals surface area contributed by atoms with Crippen LogP contribution in [-0.2, 0) is 4.79 Å². The van der Waals surface area contributed by atoms with Crippen LogP contribution in [0.2, 0.25) is 0 Å². The van der Waals surface area contributed by atoms with Crippen LogP contribution in [0.4, 0.5) is 0 Å². The normalized spacial score (nSPS) is 12.0. The van der Waals surface area contributed by atoms with Crippen molar-refractivity contribution in [2.45, 2.75) is 20.3 Å². The first-order valence-electron chi connectivity index (χ1n) is 3.63. The molecule has 0 saturated heterocycles. The highest BCUT2D eigenvalue weighted by atomic mass is 16.1. The molecule has 60 valence electrons. The molecule has 0 aliphatic carbocycles. The van der Waals surface area contributed by atoms with Gasteiger partial charge in [-0.3, -0.25) is 0 Å². The van der Waals surface area contributed by atoms with Crippen molar-refractivity contribution in [3.63, 3.8) is 0 Å². The predicted molar refractivity (Wildman–Crippen MR) is 48.4 cm³/mol. The van der Waals surface area contributed by atoms with Crippen LogP contribution in [0.5, 0.6) is 0 Å². The molecule has 0 spiro atoms. The lowest BCUT2D eigenvalue weighted by atomic mass is 10.1. The van der Waals surface area contributed by atoms with Gasteiger partial charge < -0.3 is 4.79 Å². The van der Waals surface area contributed by atoms with Gasteiger partial charge >= 0.3 is 0 Å². The number of allylic oxidation sites excluding steroid dienone is 5. The fraction of sp³-hybridized carbons (Fsp3) is 0.300. The summed E-state index contributed by atoms with van der Waals surface area (Å²) in [4.78, 5) is 10.1. The molecule has 0 aromatic carbocycles. The van der Waals surface area contributed by atoms with E-state index >= 15 is 0 Å². The first-order valence-corrected chi connectivity index (χ1v) is 3.63. The summed E-state index contributed by atoms with van der Waals surface area (Å²) in [7, 11) is 0. The first-order chi connectivity index (χ1) is 5.20. The molecule has 0 aromatic heterocycles. The van der Waals surface area contributed by atoms with E-state index in [9.17, 15) is 4.79 Å². The third-order valence-electron chi connectivity index (χ3n) is 1.27. The molecule has 0 N–H and O–H groups in total. The van der Waals surface area contributed by atoms with Crippen LogP contribution in [-0.4, -0.2) is 6.29 Å². The van der Waals surface area contributed by atoms with Crippen molar-refractivity contribution in [2.24, 2.45) is 0 Å². The van der Waals surface area contributed by atoms with Gasteiger partial charge in [0.1, 0.15) is 6.29 Å². The molecule has 0 unspecified atom stereocenters. The highest BCUT2D eigenvalue weighted by Gasteiger charge is 1.87. The van der Waals surface area contributed by atoms with E-state index in [4.69, 9.17) is 0 Å². The lowest BCUT2D eigenvalue weighted by Crippen LogP contribution is -1.78. The Bertz CT molecular complexity index is 197. The summed E-state index contributed by atoms with van der Waals surface area (Å²) in [6, 6.07) is 0. The van der Waals surface area contributed by atoms with Crippen molar-refractivity contribution in [2.75, 3.05) is 0 Å². The second-order valence-electron chi connectivity index (χ2n) is 2.41. The van der Waals surface area contributed by atoms with E-state index < -0.39 is 0 Å². The van der Waals surface area contributed by atoms with Crippen molar-refractivity contribution >= 4 is 6.29 Å². The van der Waals surface area contributed by atoms with Crippen molar-refractivity contribution < 1.29 is 4.79 Å². The van der Waals surface area contributed by atoms with Crippen LogP contribution in [0.3, 0.4) is 0 Å². The summed E-state index contributed by atoms with van der Waals surface area (Å²) in [5.74, 6) is 0. The largest absolute Gasteiger partial charge is 0.303 e. The topological polar surface area (TPSA) is 17.1 Å². The zero-order valence-corrected chi connectivity index (χ0v) is 7.13. The zero-order valence-electron chi connectivity index (χ0n) is 7.13. The van der Waals surface area contributed by atoms with Crippen LogP contribution in [0.1, 0.15) is 20.3 Å². The summed E-state index contributed by atoms with van der Waals surface area (Å²) >= 11 is 0. The Morgan fingerprint density at radius 1 is 1.45 bits per heavy atom. The number of carbonyl (C=O) groups is 1. The standard InChI is InChI=1S/C10H14O/c1-4-10(7-8-11)6-5-9(2)3/h4-6,8H,2,7H2,1,3H3/b6-5-,10-4+. The molecule has 0 rings (SSSR count). The predicted octanol–water partition coefficient (Wildman–Crippen LogP) is 2.65. The first kappa shape index (κ1) is 9.89. The molecule has 1 nitrogen and oxygen atoms in total. The van der Waals surface area contributed by atoms with Crippen molar-refractivity contribution in [1.29, 1.82) is 0 Å². The number of hydrogen-bond donors (Lipinski definition) is 0. The fourth-order valence-electron chi connectivity index (χ4n) is 0.628. The van der Waals surface area contributed by atoms with Gasteiger partial charge in [0.2, 0.25) is 0 Å². The molecule has 0 radical (unpaired) electrons. The third kappa shape index (κ3) is 5.34. The number of aldehydes is 1. The maximum atomic E-state index is 10.1. The minimum absolute atomic E-state index is 0.486. The van der Waals surface area contributed by atoms with Gasteiger partial charge in [0.05, 0.1) is 0 Å². The maximum absolute atomic E-state index is 10.1. The van der Waals surface area contributed by atoms with Crippen LogP contribution >= 0.6 is 0 Å². The van der Waals surface area contributed by atoms with E-state index in [0.29, 0.717) is 6.42 Å². The third-order valence-corrected chi connectivity index (χ3v) is 1.27. The molecular weight excluding hydrogens is 136 g/mol. The summed E-state index contributed by atoms with van der Waals surface area (Å²) in [6.45, 7) is 7.56. The van der Waals surface area contributed by atoms with E-state index in [0.717, 1.165) is 17.4 Å². The molecule has 0 heterocycles. The molecule has 0 fully saturated rings. The quantitative estimate of drug-likeness (QED) is 0.445. The van der Waals surface area contributed by atoms with E-state index in [1.165, 1.54) is 0 Å². The summed E-state index contributed by atoms with van der Waals surface area (Å²) < 4.78 is 0. The molecule has 0 aliphatic heterocycles. The van der Waals surface area contributed by atoms with Gasteiger partial charge in [-0.2, -0.15) is 0 Å². The fourth-order valence-corrected chi connectivity index (χ4v) is 0.628. The van der Waals surface area contributed by atoms with Gasteiger partial charge in [-0.05, 0) is 19.4 Å². The molecule has 0 bridgehead atoms. The molecule has 0 aliphatic rings. The van der Waals surface area contributed by atoms with E-state index in [2.05, 4.69) is 6.58 Å². The Morgan fingerprint density at radius 3 is 2.45 bits per heavy atom. The Kier molecular flexibility index (Phi) is 5.09. The minimum Gasteiger partial charge on any atom is -0.303 e. The summed E-state index contributed by atoms with van der Waals surface area (Å²) in [5.41, 5.74) is 2.03. The highest BCUT2D eigenvalue weighted by molar-refractivity contribution is 5.56. The molecule has 11 heavy (non-hydrogen) atoms. The lowest BCUT2D eigenvalue weighted by Gasteiger charge is -1.92. The SMILES string of the molecule is C=C(C)/C=C\C(=C/C)CC=O. The van der Waals surface area contributed by atoms with Gasteiger partial charge in [-0.1, -0.05) is 30.4 Å². The summed E-state index contributed by atoms with van der Waals surface area (Å²) in [6.07, 6.45) is 7.13. The van der Waals surface area contributed by atoms with Gasteiger partial charge in [-0.15, -0.1) is 0 Å².